The van der Waals surface area contributed by atoms with Crippen molar-refractivity contribution in [3.63, 3.8) is 0 Å². The highest BCUT2D eigenvalue weighted by Gasteiger charge is 2.54. The Labute approximate surface area is 88.1 Å². The summed E-state index contributed by atoms with van der Waals surface area (Å²) < 4.78 is 0. The molecule has 0 fully saturated rings. The van der Waals surface area contributed by atoms with E-state index in [9.17, 15) is 19.2 Å². The topological polar surface area (TPSA) is 175 Å². The Morgan fingerprint density at radius 2 is 1.38 bits per heavy atom. The molecule has 0 amide bonds. The fraction of sp³-hybridized carbons (Fsp3) is 0.429. The maximum atomic E-state index is 10.6. The third kappa shape index (κ3) is 2.45. The third-order valence-electron chi connectivity index (χ3n) is 1.93. The zero-order valence-corrected chi connectivity index (χ0v) is 7.78. The van der Waals surface area contributed by atoms with Crippen molar-refractivity contribution in [3.05, 3.63) is 0 Å². The van der Waals surface area contributed by atoms with E-state index in [1.807, 2.05) is 0 Å². The van der Waals surface area contributed by atoms with Crippen LogP contribution in [0.5, 0.6) is 0 Å². The summed E-state index contributed by atoms with van der Waals surface area (Å²) >= 11 is 0. The molecule has 9 heteroatoms. The fourth-order valence-electron chi connectivity index (χ4n) is 1.01. The second-order valence-corrected chi connectivity index (χ2v) is 2.97. The van der Waals surface area contributed by atoms with Crippen LogP contribution in [-0.2, 0) is 19.2 Å². The van der Waals surface area contributed by atoms with Gasteiger partial charge in [-0.15, -0.1) is 0 Å². The standard InChI is InChI=1S/C7H9NO8/c8-7(5(13)14,6(15)16)2(4(11)12)1-3(9)10/h2H,1,8H2,(H,9,10)(H,11,12)(H,13,14)(H,15,16). The Morgan fingerprint density at radius 3 is 1.56 bits per heavy atom. The van der Waals surface area contributed by atoms with Gasteiger partial charge in [0.1, 0.15) is 5.92 Å². The van der Waals surface area contributed by atoms with E-state index < -0.39 is 41.8 Å². The van der Waals surface area contributed by atoms with Gasteiger partial charge in [0.15, 0.2) is 0 Å². The van der Waals surface area contributed by atoms with Gasteiger partial charge in [0.2, 0.25) is 5.54 Å². The molecular formula is C7H9NO8. The van der Waals surface area contributed by atoms with Crippen LogP contribution in [0.3, 0.4) is 0 Å². The van der Waals surface area contributed by atoms with Gasteiger partial charge in [-0.3, -0.25) is 9.59 Å². The molecule has 0 radical (unpaired) electrons. The van der Waals surface area contributed by atoms with E-state index in [1.165, 1.54) is 0 Å². The van der Waals surface area contributed by atoms with Crippen LogP contribution in [0.4, 0.5) is 0 Å². The van der Waals surface area contributed by atoms with Gasteiger partial charge in [-0.25, -0.2) is 9.59 Å². The molecule has 1 unspecified atom stereocenters. The highest BCUT2D eigenvalue weighted by molar-refractivity contribution is 6.07. The Bertz CT molecular complexity index is 334. The fourth-order valence-corrected chi connectivity index (χ4v) is 1.01. The van der Waals surface area contributed by atoms with Crippen LogP contribution in [0, 0.1) is 5.92 Å². The lowest BCUT2D eigenvalue weighted by Gasteiger charge is -2.25. The molecule has 0 rings (SSSR count). The van der Waals surface area contributed by atoms with Crippen molar-refractivity contribution in [1.82, 2.24) is 0 Å². The summed E-state index contributed by atoms with van der Waals surface area (Å²) in [5, 5.41) is 34.1. The Balaban J connectivity index is 5.44. The van der Waals surface area contributed by atoms with Crippen molar-refractivity contribution in [1.29, 1.82) is 0 Å². The van der Waals surface area contributed by atoms with Crippen molar-refractivity contribution in [2.75, 3.05) is 0 Å². The monoisotopic (exact) mass is 235 g/mol. The van der Waals surface area contributed by atoms with Gasteiger partial charge in [0.25, 0.3) is 0 Å². The van der Waals surface area contributed by atoms with E-state index in [0.717, 1.165) is 0 Å². The maximum Gasteiger partial charge on any atom is 0.336 e. The first-order chi connectivity index (χ1) is 7.13. The van der Waals surface area contributed by atoms with Crippen molar-refractivity contribution in [2.45, 2.75) is 12.0 Å². The lowest BCUT2D eigenvalue weighted by molar-refractivity contribution is -0.168. The van der Waals surface area contributed by atoms with Crippen LogP contribution in [0.2, 0.25) is 0 Å². The average molecular weight is 235 g/mol. The molecule has 0 aliphatic heterocycles. The normalized spacial score (nSPS) is 12.8. The van der Waals surface area contributed by atoms with E-state index in [4.69, 9.17) is 26.2 Å². The van der Waals surface area contributed by atoms with Crippen LogP contribution < -0.4 is 5.73 Å². The second kappa shape index (κ2) is 4.57. The number of rotatable bonds is 6. The van der Waals surface area contributed by atoms with E-state index in [-0.39, 0.29) is 0 Å². The number of hydrogen-bond donors (Lipinski definition) is 5. The van der Waals surface area contributed by atoms with Crippen molar-refractivity contribution in [3.8, 4) is 0 Å². The molecule has 0 saturated carbocycles. The molecule has 0 aliphatic carbocycles. The molecule has 16 heavy (non-hydrogen) atoms. The predicted molar refractivity (Wildman–Crippen MR) is 45.6 cm³/mol. The summed E-state index contributed by atoms with van der Waals surface area (Å²) in [4.78, 5) is 42.2. The minimum atomic E-state index is -3.18. The van der Waals surface area contributed by atoms with Gasteiger partial charge in [-0.1, -0.05) is 0 Å². The lowest BCUT2D eigenvalue weighted by atomic mass is 9.82. The molecule has 0 aromatic heterocycles. The molecule has 0 aromatic carbocycles. The van der Waals surface area contributed by atoms with Crippen LogP contribution in [0.25, 0.3) is 0 Å². The molecule has 90 valence electrons. The Kier molecular flexibility index (Phi) is 3.96. The predicted octanol–water partition coefficient (Wildman–Crippen LogP) is -1.97. The van der Waals surface area contributed by atoms with Gasteiger partial charge in [0, 0.05) is 0 Å². The summed E-state index contributed by atoms with van der Waals surface area (Å²) in [7, 11) is 0. The van der Waals surface area contributed by atoms with Gasteiger partial charge < -0.3 is 26.2 Å². The third-order valence-corrected chi connectivity index (χ3v) is 1.93. The molecule has 1 atom stereocenters. The van der Waals surface area contributed by atoms with Crippen LogP contribution in [0.15, 0.2) is 0 Å². The number of carboxylic acids is 4. The van der Waals surface area contributed by atoms with Gasteiger partial charge in [0.05, 0.1) is 6.42 Å². The zero-order valence-electron chi connectivity index (χ0n) is 7.78. The number of carboxylic acid groups (broad SMARTS) is 4. The molecule has 6 N–H and O–H groups in total. The van der Waals surface area contributed by atoms with Crippen LogP contribution >= 0.6 is 0 Å². The molecular weight excluding hydrogens is 226 g/mol. The van der Waals surface area contributed by atoms with Crippen molar-refractivity contribution in [2.24, 2.45) is 11.7 Å². The van der Waals surface area contributed by atoms with Crippen LogP contribution in [0.1, 0.15) is 6.42 Å². The van der Waals surface area contributed by atoms with E-state index in [1.54, 1.807) is 0 Å². The summed E-state index contributed by atoms with van der Waals surface area (Å²) in [6.07, 6.45) is -1.20. The number of carbonyl (C=O) groups is 4. The maximum absolute atomic E-state index is 10.6. The largest absolute Gasteiger partial charge is 0.481 e. The zero-order chi connectivity index (χ0) is 13.1. The van der Waals surface area contributed by atoms with E-state index >= 15 is 0 Å². The lowest BCUT2D eigenvalue weighted by Crippen LogP contribution is -2.62. The molecule has 0 spiro atoms. The Morgan fingerprint density at radius 1 is 1.00 bits per heavy atom. The van der Waals surface area contributed by atoms with Gasteiger partial charge in [-0.2, -0.15) is 0 Å². The van der Waals surface area contributed by atoms with Gasteiger partial charge >= 0.3 is 23.9 Å². The number of nitrogens with two attached hydrogens (primary N) is 1. The van der Waals surface area contributed by atoms with Crippen LogP contribution in [-0.4, -0.2) is 49.8 Å². The summed E-state index contributed by atoms with van der Waals surface area (Å²) in [5.41, 5.74) is 1.76. The molecule has 0 bridgehead atoms. The first-order valence-electron chi connectivity index (χ1n) is 3.84. The second-order valence-electron chi connectivity index (χ2n) is 2.97. The molecule has 0 aromatic rings. The highest BCUT2D eigenvalue weighted by Crippen LogP contribution is 2.20. The highest BCUT2D eigenvalue weighted by atomic mass is 16.4. The molecule has 0 aliphatic rings. The Hall–Kier alpha value is -2.16. The first kappa shape index (κ1) is 13.8. The first-order valence-corrected chi connectivity index (χ1v) is 3.84. The quantitative estimate of drug-likeness (QED) is 0.327. The molecule has 9 nitrogen and oxygen atoms in total. The SMILES string of the molecule is NC(C(=O)O)(C(=O)O)C(CC(=O)O)C(=O)O. The minimum absolute atomic E-state index is 1.20. The van der Waals surface area contributed by atoms with Crippen molar-refractivity contribution >= 4 is 23.9 Å². The number of hydrogen-bond acceptors (Lipinski definition) is 5. The molecule has 0 saturated heterocycles. The van der Waals surface area contributed by atoms with E-state index in [2.05, 4.69) is 0 Å². The minimum Gasteiger partial charge on any atom is -0.481 e. The molecule has 0 heterocycles. The average Bonchev–Trinajstić information content (AvgIpc) is 2.11. The van der Waals surface area contributed by atoms with E-state index in [0.29, 0.717) is 0 Å². The smallest absolute Gasteiger partial charge is 0.336 e. The van der Waals surface area contributed by atoms with Crippen molar-refractivity contribution < 1.29 is 39.6 Å². The summed E-state index contributed by atoms with van der Waals surface area (Å²) in [5.74, 6) is -10.1. The number of aliphatic carboxylic acids is 4. The summed E-state index contributed by atoms with van der Waals surface area (Å²) in [6, 6.07) is 0. The van der Waals surface area contributed by atoms with Gasteiger partial charge in [-0.05, 0) is 0 Å². The summed E-state index contributed by atoms with van der Waals surface area (Å²) in [6.45, 7) is 0.